The van der Waals surface area contributed by atoms with Crippen LogP contribution in [0.15, 0.2) is 72.8 Å². The summed E-state index contributed by atoms with van der Waals surface area (Å²) in [7, 11) is 6.34. The third kappa shape index (κ3) is 7.86. The first-order chi connectivity index (χ1) is 19.1. The van der Waals surface area contributed by atoms with Gasteiger partial charge in [-0.2, -0.15) is 13.2 Å². The van der Waals surface area contributed by atoms with E-state index in [9.17, 15) is 18.0 Å². The first kappa shape index (κ1) is 31.2. The Labute approximate surface area is 239 Å². The number of carboxylic acid groups (broad SMARTS) is 1. The quantitative estimate of drug-likeness (QED) is 0.131. The summed E-state index contributed by atoms with van der Waals surface area (Å²) in [5, 5.41) is 19.1. The Hall–Kier alpha value is -4.35. The van der Waals surface area contributed by atoms with Crippen LogP contribution in [0.1, 0.15) is 27.2 Å². The van der Waals surface area contributed by atoms with Gasteiger partial charge >= 0.3 is 12.1 Å². The summed E-state index contributed by atoms with van der Waals surface area (Å²) >= 11 is 6.72. The number of benzene rings is 3. The molecule has 12 heteroatoms. The van der Waals surface area contributed by atoms with Crippen LogP contribution in [0.2, 0.25) is 5.02 Å². The predicted molar refractivity (Wildman–Crippen MR) is 154 cm³/mol. The smallest absolute Gasteiger partial charge is 0.475 e. The number of alkyl halides is 3. The number of nitrogens with two attached hydrogens (primary N) is 1. The fraction of sp³-hybridized carbons (Fsp3) is 0.207. The van der Waals surface area contributed by atoms with Crippen LogP contribution in [0.4, 0.5) is 18.9 Å². The van der Waals surface area contributed by atoms with Crippen LogP contribution in [-0.4, -0.2) is 54.7 Å². The van der Waals surface area contributed by atoms with Gasteiger partial charge in [0.05, 0.1) is 31.7 Å². The number of carboxylic acids is 1. The van der Waals surface area contributed by atoms with Crippen molar-refractivity contribution in [1.29, 1.82) is 5.41 Å². The zero-order valence-corrected chi connectivity index (χ0v) is 23.3. The molecule has 1 aromatic heterocycles. The number of amidine groups is 1. The van der Waals surface area contributed by atoms with Crippen molar-refractivity contribution in [3.8, 4) is 0 Å². The normalized spacial score (nSPS) is 11.5. The van der Waals surface area contributed by atoms with Crippen molar-refractivity contribution in [2.45, 2.75) is 19.3 Å². The van der Waals surface area contributed by atoms with Gasteiger partial charge in [0.15, 0.2) is 0 Å². The van der Waals surface area contributed by atoms with Gasteiger partial charge in [-0.05, 0) is 35.4 Å². The summed E-state index contributed by atoms with van der Waals surface area (Å²) < 4.78 is 34.4. The van der Waals surface area contributed by atoms with E-state index >= 15 is 0 Å². The molecule has 8 nitrogen and oxygen atoms in total. The molecular formula is C29H30ClF3N5O3+. The maximum absolute atomic E-state index is 13.3. The maximum atomic E-state index is 13.3. The van der Waals surface area contributed by atoms with Gasteiger partial charge in [0, 0.05) is 24.0 Å². The summed E-state index contributed by atoms with van der Waals surface area (Å²) in [5.41, 5.74) is 10.7. The van der Waals surface area contributed by atoms with Crippen molar-refractivity contribution in [2.75, 3.05) is 21.1 Å². The minimum atomic E-state index is -5.08. The van der Waals surface area contributed by atoms with E-state index in [1.54, 1.807) is 6.07 Å². The summed E-state index contributed by atoms with van der Waals surface area (Å²) in [6.07, 6.45) is -5.08. The fourth-order valence-electron chi connectivity index (χ4n) is 3.99. The topological polar surface area (TPSA) is 121 Å². The highest BCUT2D eigenvalue weighted by Gasteiger charge is 2.38. The lowest BCUT2D eigenvalue weighted by molar-refractivity contribution is -0.192. The van der Waals surface area contributed by atoms with E-state index in [-0.39, 0.29) is 11.7 Å². The molecule has 0 bridgehead atoms. The van der Waals surface area contributed by atoms with Crippen LogP contribution in [0.25, 0.3) is 10.9 Å². The van der Waals surface area contributed by atoms with E-state index in [1.807, 2.05) is 59.2 Å². The number of carbonyl (C=O) groups excluding carboxylic acids is 1. The van der Waals surface area contributed by atoms with Crippen LogP contribution < -0.4 is 15.5 Å². The van der Waals surface area contributed by atoms with E-state index in [4.69, 9.17) is 32.6 Å². The Morgan fingerprint density at radius 3 is 2.17 bits per heavy atom. The zero-order chi connectivity index (χ0) is 30.5. The number of quaternary nitrogens is 1. The Balaban J connectivity index is 0.000000587. The number of para-hydroxylation sites is 1. The molecule has 5 N–H and O–H groups in total. The molecule has 1 heterocycles. The molecule has 0 fully saturated rings. The minimum absolute atomic E-state index is 0.00601. The van der Waals surface area contributed by atoms with Gasteiger partial charge in [0.2, 0.25) is 0 Å². The lowest BCUT2D eigenvalue weighted by Gasteiger charge is -2.23. The molecule has 0 spiro atoms. The van der Waals surface area contributed by atoms with E-state index < -0.39 is 12.1 Å². The summed E-state index contributed by atoms with van der Waals surface area (Å²) in [4.78, 5) is 22.2. The molecule has 4 rings (SSSR count). The van der Waals surface area contributed by atoms with E-state index in [0.717, 1.165) is 26.5 Å². The molecule has 1 amide bonds. The van der Waals surface area contributed by atoms with Gasteiger partial charge < -0.3 is 20.7 Å². The van der Waals surface area contributed by atoms with E-state index in [2.05, 4.69) is 38.6 Å². The molecule has 0 aliphatic rings. The third-order valence-corrected chi connectivity index (χ3v) is 6.49. The van der Waals surface area contributed by atoms with Crippen molar-refractivity contribution in [1.82, 2.24) is 14.4 Å². The number of carbonyl (C=O) groups is 2. The molecular weight excluding hydrogens is 559 g/mol. The number of nitrogen functional groups attached to an aromatic ring is 1. The molecule has 0 aliphatic heterocycles. The Kier molecular flexibility index (Phi) is 9.46. The number of hydrogen-bond acceptors (Lipinski definition) is 3. The van der Waals surface area contributed by atoms with Crippen molar-refractivity contribution in [3.63, 3.8) is 0 Å². The molecule has 0 unspecified atom stereocenters. The number of aromatic nitrogens is 1. The zero-order valence-electron chi connectivity index (χ0n) is 22.6. The highest BCUT2D eigenvalue weighted by Crippen LogP contribution is 2.31. The Morgan fingerprint density at radius 1 is 1.00 bits per heavy atom. The maximum Gasteiger partial charge on any atom is 0.490 e. The highest BCUT2D eigenvalue weighted by molar-refractivity contribution is 6.38. The third-order valence-electron chi connectivity index (χ3n) is 6.11. The van der Waals surface area contributed by atoms with E-state index in [1.165, 1.54) is 5.69 Å². The second-order valence-corrected chi connectivity index (χ2v) is 10.4. The van der Waals surface area contributed by atoms with Gasteiger partial charge in [-0.15, -0.1) is 0 Å². The molecule has 0 aliphatic carbocycles. The molecule has 216 valence electrons. The predicted octanol–water partition coefficient (Wildman–Crippen LogP) is 5.39. The SMILES string of the molecule is C[N+](C)(C)c1ccc(CNC(=O)c2c(Cl)c3ccccc3n2Cc2cccc(C(=N)N)c2)cc1.O=C(O)C(F)(F)F. The molecule has 4 aromatic rings. The standard InChI is InChI=1S/C27H28ClN5O.C2HF3O2/c1-33(2,3)21-13-11-18(12-14-21)16-31-27(34)25-24(28)22-9-4-5-10-23(22)32(25)17-19-7-6-8-20(15-19)26(29)30;3-2(4,5)1(6)7/h4-15H,16-17H2,1-3H3,(H3-,29,30,31,34);(H,6,7)/p+1. The molecule has 0 atom stereocenters. The average molecular weight is 589 g/mol. The van der Waals surface area contributed by atoms with Crippen LogP contribution in [0, 0.1) is 5.41 Å². The largest absolute Gasteiger partial charge is 0.490 e. The van der Waals surface area contributed by atoms with Crippen molar-refractivity contribution in [2.24, 2.45) is 5.73 Å². The first-order valence-electron chi connectivity index (χ1n) is 12.3. The number of aliphatic carboxylic acids is 1. The number of rotatable bonds is 7. The second kappa shape index (κ2) is 12.4. The fourth-order valence-corrected chi connectivity index (χ4v) is 4.34. The number of fused-ring (bicyclic) bond motifs is 1. The van der Waals surface area contributed by atoms with Crippen molar-refractivity contribution < 1.29 is 27.9 Å². The molecule has 3 aromatic carbocycles. The lowest BCUT2D eigenvalue weighted by Crippen LogP contribution is -2.34. The van der Waals surface area contributed by atoms with Gasteiger partial charge in [0.25, 0.3) is 5.91 Å². The molecule has 0 radical (unpaired) electrons. The van der Waals surface area contributed by atoms with Crippen LogP contribution in [-0.2, 0) is 17.9 Å². The van der Waals surface area contributed by atoms with Gasteiger partial charge in [0.1, 0.15) is 17.2 Å². The van der Waals surface area contributed by atoms with Crippen molar-refractivity contribution >= 4 is 45.9 Å². The monoisotopic (exact) mass is 588 g/mol. The Morgan fingerprint density at radius 2 is 1.61 bits per heavy atom. The van der Waals surface area contributed by atoms with Crippen LogP contribution >= 0.6 is 11.6 Å². The molecule has 0 saturated carbocycles. The lowest BCUT2D eigenvalue weighted by atomic mass is 10.1. The summed E-state index contributed by atoms with van der Waals surface area (Å²) in [5.74, 6) is -2.99. The van der Waals surface area contributed by atoms with Gasteiger partial charge in [-0.1, -0.05) is 60.1 Å². The van der Waals surface area contributed by atoms with Gasteiger partial charge in [-0.3, -0.25) is 14.7 Å². The summed E-state index contributed by atoms with van der Waals surface area (Å²) in [6, 6.07) is 23.4. The number of hydrogen-bond donors (Lipinski definition) is 4. The number of amides is 1. The second-order valence-electron chi connectivity index (χ2n) is 10.0. The first-order valence-corrected chi connectivity index (χ1v) is 12.7. The number of halogens is 4. The van der Waals surface area contributed by atoms with Crippen LogP contribution in [0.5, 0.6) is 0 Å². The number of nitrogens with zero attached hydrogens (tertiary/aromatic N) is 2. The Bertz CT molecular complexity index is 1580. The summed E-state index contributed by atoms with van der Waals surface area (Å²) in [6.45, 7) is 0.823. The van der Waals surface area contributed by atoms with Crippen LogP contribution in [0.3, 0.4) is 0 Å². The minimum Gasteiger partial charge on any atom is -0.475 e. The van der Waals surface area contributed by atoms with Crippen molar-refractivity contribution in [3.05, 3.63) is 100 Å². The average Bonchev–Trinajstić information content (AvgIpc) is 3.18. The van der Waals surface area contributed by atoms with E-state index in [0.29, 0.717) is 29.4 Å². The number of nitrogens with one attached hydrogen (secondary N) is 2. The molecule has 0 saturated heterocycles. The molecule has 41 heavy (non-hydrogen) atoms. The highest BCUT2D eigenvalue weighted by atomic mass is 35.5. The van der Waals surface area contributed by atoms with Gasteiger partial charge in [-0.25, -0.2) is 4.79 Å².